The van der Waals surface area contributed by atoms with Crippen molar-refractivity contribution in [1.29, 1.82) is 0 Å². The molecule has 2 amide bonds. The monoisotopic (exact) mass is 332 g/mol. The topological polar surface area (TPSA) is 78.4 Å². The van der Waals surface area contributed by atoms with Gasteiger partial charge in [-0.3, -0.25) is 9.59 Å². The molecule has 0 unspecified atom stereocenters. The van der Waals surface area contributed by atoms with Crippen LogP contribution >= 0.6 is 0 Å². The van der Waals surface area contributed by atoms with E-state index < -0.39 is 0 Å². The predicted molar refractivity (Wildman–Crippen MR) is 96.9 cm³/mol. The van der Waals surface area contributed by atoms with E-state index in [4.69, 9.17) is 0 Å². The molecule has 0 aliphatic carbocycles. The molecule has 0 radical (unpaired) electrons. The third-order valence-electron chi connectivity index (χ3n) is 3.57. The lowest BCUT2D eigenvalue weighted by Crippen LogP contribution is -2.13. The molecular formula is C20H16N2O3. The molecule has 0 saturated heterocycles. The number of rotatable bonds is 4. The number of hydrogen-bond acceptors (Lipinski definition) is 3. The standard InChI is InChI=1S/C20H16N2O3/c23-18-12-10-17(11-13-18)22-20(25)15-6-8-16(9-7-15)21-19(24)14-4-2-1-3-5-14/h1-13,23H,(H,21,24)(H,22,25). The predicted octanol–water partition coefficient (Wildman–Crippen LogP) is 3.90. The van der Waals surface area contributed by atoms with E-state index in [1.54, 1.807) is 60.7 Å². The minimum atomic E-state index is -0.272. The lowest BCUT2D eigenvalue weighted by molar-refractivity contribution is 0.102. The number of anilines is 2. The van der Waals surface area contributed by atoms with Gasteiger partial charge in [0.05, 0.1) is 0 Å². The highest BCUT2D eigenvalue weighted by Crippen LogP contribution is 2.16. The summed E-state index contributed by atoms with van der Waals surface area (Å²) in [6.07, 6.45) is 0. The number of benzene rings is 3. The fourth-order valence-electron chi connectivity index (χ4n) is 2.25. The normalized spacial score (nSPS) is 10.1. The average Bonchev–Trinajstić information content (AvgIpc) is 2.65. The second-order valence-corrected chi connectivity index (χ2v) is 5.40. The van der Waals surface area contributed by atoms with Gasteiger partial charge in [0.15, 0.2) is 0 Å². The van der Waals surface area contributed by atoms with E-state index in [0.717, 1.165) is 0 Å². The highest BCUT2D eigenvalue weighted by Gasteiger charge is 2.08. The first-order chi connectivity index (χ1) is 12.1. The van der Waals surface area contributed by atoms with Gasteiger partial charge in [0.2, 0.25) is 0 Å². The van der Waals surface area contributed by atoms with E-state index in [1.807, 2.05) is 6.07 Å². The van der Waals surface area contributed by atoms with E-state index in [1.165, 1.54) is 12.1 Å². The van der Waals surface area contributed by atoms with Crippen molar-refractivity contribution < 1.29 is 14.7 Å². The number of nitrogens with one attached hydrogen (secondary N) is 2. The van der Waals surface area contributed by atoms with E-state index in [9.17, 15) is 14.7 Å². The minimum Gasteiger partial charge on any atom is -0.508 e. The zero-order valence-corrected chi connectivity index (χ0v) is 13.3. The number of aromatic hydroxyl groups is 1. The molecule has 124 valence electrons. The fraction of sp³-hybridized carbons (Fsp3) is 0. The smallest absolute Gasteiger partial charge is 0.255 e. The van der Waals surface area contributed by atoms with Crippen molar-refractivity contribution in [3.63, 3.8) is 0 Å². The van der Waals surface area contributed by atoms with Crippen LogP contribution in [0.4, 0.5) is 11.4 Å². The molecule has 25 heavy (non-hydrogen) atoms. The van der Waals surface area contributed by atoms with E-state index in [-0.39, 0.29) is 17.6 Å². The van der Waals surface area contributed by atoms with Crippen LogP contribution in [0.2, 0.25) is 0 Å². The Bertz CT molecular complexity index is 873. The lowest BCUT2D eigenvalue weighted by Gasteiger charge is -2.08. The minimum absolute atomic E-state index is 0.136. The number of amides is 2. The largest absolute Gasteiger partial charge is 0.508 e. The summed E-state index contributed by atoms with van der Waals surface area (Å²) in [5.74, 6) is -0.343. The first-order valence-corrected chi connectivity index (χ1v) is 7.69. The van der Waals surface area contributed by atoms with Gasteiger partial charge in [0, 0.05) is 22.5 Å². The Morgan fingerprint density at radius 1 is 0.600 bits per heavy atom. The van der Waals surface area contributed by atoms with Crippen LogP contribution in [0.5, 0.6) is 5.75 Å². The van der Waals surface area contributed by atoms with E-state index in [2.05, 4.69) is 10.6 Å². The van der Waals surface area contributed by atoms with Crippen molar-refractivity contribution in [3.05, 3.63) is 90.0 Å². The molecule has 3 rings (SSSR count). The van der Waals surface area contributed by atoms with Crippen molar-refractivity contribution >= 4 is 23.2 Å². The van der Waals surface area contributed by atoms with Crippen LogP contribution in [0, 0.1) is 0 Å². The van der Waals surface area contributed by atoms with Gasteiger partial charge in [-0.05, 0) is 60.7 Å². The molecule has 0 aliphatic rings. The third kappa shape index (κ3) is 4.23. The molecule has 5 heteroatoms. The summed E-state index contributed by atoms with van der Waals surface area (Å²) in [4.78, 5) is 24.3. The van der Waals surface area contributed by atoms with E-state index >= 15 is 0 Å². The molecule has 0 saturated carbocycles. The zero-order valence-electron chi connectivity index (χ0n) is 13.3. The van der Waals surface area contributed by atoms with Crippen LogP contribution in [0.25, 0.3) is 0 Å². The molecule has 3 N–H and O–H groups in total. The van der Waals surface area contributed by atoms with Gasteiger partial charge in [-0.15, -0.1) is 0 Å². The maximum absolute atomic E-state index is 12.2. The summed E-state index contributed by atoms with van der Waals surface area (Å²) in [5, 5.41) is 14.8. The van der Waals surface area contributed by atoms with Crippen LogP contribution < -0.4 is 10.6 Å². The number of phenolic OH excluding ortho intramolecular Hbond substituents is 1. The van der Waals surface area contributed by atoms with Crippen molar-refractivity contribution in [2.45, 2.75) is 0 Å². The summed E-state index contributed by atoms with van der Waals surface area (Å²) in [6.45, 7) is 0. The maximum atomic E-state index is 12.2. The Hall–Kier alpha value is -3.60. The van der Waals surface area contributed by atoms with Crippen molar-refractivity contribution in [2.24, 2.45) is 0 Å². The van der Waals surface area contributed by atoms with Crippen LogP contribution in [-0.4, -0.2) is 16.9 Å². The Balaban J connectivity index is 1.64. The molecule has 0 bridgehead atoms. The molecule has 3 aromatic carbocycles. The van der Waals surface area contributed by atoms with Crippen LogP contribution in [0.15, 0.2) is 78.9 Å². The maximum Gasteiger partial charge on any atom is 0.255 e. The number of hydrogen-bond donors (Lipinski definition) is 3. The number of carbonyl (C=O) groups is 2. The van der Waals surface area contributed by atoms with Gasteiger partial charge >= 0.3 is 0 Å². The first kappa shape index (κ1) is 16.3. The molecule has 0 heterocycles. The summed E-state index contributed by atoms with van der Waals surface area (Å²) < 4.78 is 0. The summed E-state index contributed by atoms with van der Waals surface area (Å²) in [6, 6.07) is 21.7. The molecular weight excluding hydrogens is 316 g/mol. The molecule has 0 atom stereocenters. The zero-order chi connectivity index (χ0) is 17.6. The van der Waals surface area contributed by atoms with Gasteiger partial charge in [0.25, 0.3) is 11.8 Å². The average molecular weight is 332 g/mol. The van der Waals surface area contributed by atoms with Crippen LogP contribution in [-0.2, 0) is 0 Å². The molecule has 0 spiro atoms. The van der Waals surface area contributed by atoms with Gasteiger partial charge in [-0.2, -0.15) is 0 Å². The quantitative estimate of drug-likeness (QED) is 0.634. The Labute approximate surface area is 144 Å². The Morgan fingerprint density at radius 2 is 1.04 bits per heavy atom. The second kappa shape index (κ2) is 7.31. The molecule has 3 aromatic rings. The van der Waals surface area contributed by atoms with Crippen molar-refractivity contribution in [1.82, 2.24) is 0 Å². The lowest BCUT2D eigenvalue weighted by atomic mass is 10.1. The number of carbonyl (C=O) groups excluding carboxylic acids is 2. The Morgan fingerprint density at radius 3 is 1.56 bits per heavy atom. The summed E-state index contributed by atoms with van der Waals surface area (Å²) >= 11 is 0. The highest BCUT2D eigenvalue weighted by atomic mass is 16.3. The van der Waals surface area contributed by atoms with E-state index in [0.29, 0.717) is 22.5 Å². The van der Waals surface area contributed by atoms with Gasteiger partial charge in [-0.25, -0.2) is 0 Å². The molecule has 5 nitrogen and oxygen atoms in total. The van der Waals surface area contributed by atoms with Crippen LogP contribution in [0.1, 0.15) is 20.7 Å². The summed E-state index contributed by atoms with van der Waals surface area (Å²) in [5.41, 5.74) is 2.22. The SMILES string of the molecule is O=C(Nc1ccc(C(=O)Nc2ccc(O)cc2)cc1)c1ccccc1. The highest BCUT2D eigenvalue weighted by molar-refractivity contribution is 6.06. The van der Waals surface area contributed by atoms with Gasteiger partial charge < -0.3 is 15.7 Å². The first-order valence-electron chi connectivity index (χ1n) is 7.69. The fourth-order valence-corrected chi connectivity index (χ4v) is 2.25. The second-order valence-electron chi connectivity index (χ2n) is 5.40. The molecule has 0 fully saturated rings. The third-order valence-corrected chi connectivity index (χ3v) is 3.57. The molecule has 0 aliphatic heterocycles. The van der Waals surface area contributed by atoms with Crippen molar-refractivity contribution in [2.75, 3.05) is 10.6 Å². The van der Waals surface area contributed by atoms with Crippen LogP contribution in [0.3, 0.4) is 0 Å². The van der Waals surface area contributed by atoms with Crippen molar-refractivity contribution in [3.8, 4) is 5.75 Å². The van der Waals surface area contributed by atoms with Gasteiger partial charge in [0.1, 0.15) is 5.75 Å². The molecule has 0 aromatic heterocycles. The Kier molecular flexibility index (Phi) is 4.76. The van der Waals surface area contributed by atoms with Gasteiger partial charge in [-0.1, -0.05) is 18.2 Å². The summed E-state index contributed by atoms with van der Waals surface area (Å²) in [7, 11) is 0. The number of phenols is 1.